The largest absolute Gasteiger partial charge is 0.507 e. The van der Waals surface area contributed by atoms with Crippen LogP contribution in [-0.4, -0.2) is 42.3 Å². The molecule has 2 rings (SSSR count). The Hall–Kier alpha value is -3.22. The summed E-state index contributed by atoms with van der Waals surface area (Å²) < 4.78 is 16.6. The van der Waals surface area contributed by atoms with Gasteiger partial charge in [0, 0.05) is 11.5 Å². The second kappa shape index (κ2) is 10.5. The SMILES string of the molecule is COc1ccc(C(=O)O)cc1OCCCCOc1ccc(C(=O)C(C)C)c(O)c1C. The van der Waals surface area contributed by atoms with Crippen LogP contribution in [0.2, 0.25) is 0 Å². The van der Waals surface area contributed by atoms with E-state index >= 15 is 0 Å². The molecule has 0 aliphatic carbocycles. The molecule has 0 aromatic heterocycles. The lowest BCUT2D eigenvalue weighted by atomic mass is 9.98. The fourth-order valence-corrected chi connectivity index (χ4v) is 2.84. The molecule has 2 N–H and O–H groups in total. The van der Waals surface area contributed by atoms with Crippen molar-refractivity contribution in [2.45, 2.75) is 33.6 Å². The van der Waals surface area contributed by atoms with Gasteiger partial charge in [-0.2, -0.15) is 0 Å². The number of carbonyl (C=O) groups is 2. The van der Waals surface area contributed by atoms with E-state index in [1.807, 2.05) is 0 Å². The van der Waals surface area contributed by atoms with Crippen molar-refractivity contribution in [2.75, 3.05) is 20.3 Å². The molecule has 0 aliphatic heterocycles. The maximum atomic E-state index is 12.1. The van der Waals surface area contributed by atoms with Gasteiger partial charge in [0.1, 0.15) is 11.5 Å². The fraction of sp³-hybridized carbons (Fsp3) is 0.391. The summed E-state index contributed by atoms with van der Waals surface area (Å²) in [6.07, 6.45) is 1.36. The molecule has 0 aliphatic rings. The molecular weight excluding hydrogens is 388 g/mol. The van der Waals surface area contributed by atoms with Crippen LogP contribution < -0.4 is 14.2 Å². The Bertz CT molecular complexity index is 903. The number of benzene rings is 2. The molecule has 162 valence electrons. The van der Waals surface area contributed by atoms with Crippen LogP contribution in [0.25, 0.3) is 0 Å². The van der Waals surface area contributed by atoms with Crippen molar-refractivity contribution in [3.63, 3.8) is 0 Å². The highest BCUT2D eigenvalue weighted by Crippen LogP contribution is 2.32. The average Bonchev–Trinajstić information content (AvgIpc) is 2.72. The monoisotopic (exact) mass is 416 g/mol. The van der Waals surface area contributed by atoms with Crippen molar-refractivity contribution >= 4 is 11.8 Å². The van der Waals surface area contributed by atoms with E-state index in [1.54, 1.807) is 39.0 Å². The van der Waals surface area contributed by atoms with E-state index < -0.39 is 5.97 Å². The van der Waals surface area contributed by atoms with Crippen LogP contribution in [0.5, 0.6) is 23.0 Å². The molecule has 2 aromatic carbocycles. The number of ether oxygens (including phenoxy) is 3. The molecular formula is C23H28O7. The van der Waals surface area contributed by atoms with E-state index in [2.05, 4.69) is 0 Å². The van der Waals surface area contributed by atoms with Crippen molar-refractivity contribution in [2.24, 2.45) is 5.92 Å². The van der Waals surface area contributed by atoms with Crippen LogP contribution in [-0.2, 0) is 0 Å². The number of carboxylic acids is 1. The lowest BCUT2D eigenvalue weighted by molar-refractivity contribution is 0.0696. The van der Waals surface area contributed by atoms with Crippen LogP contribution in [0.4, 0.5) is 0 Å². The minimum absolute atomic E-state index is 0.0417. The zero-order valence-corrected chi connectivity index (χ0v) is 17.7. The molecule has 0 saturated heterocycles. The number of hydrogen-bond donors (Lipinski definition) is 2. The number of carboxylic acid groups (broad SMARTS) is 1. The van der Waals surface area contributed by atoms with Gasteiger partial charge in [0.25, 0.3) is 0 Å². The Morgan fingerprint density at radius 2 is 1.57 bits per heavy atom. The number of carbonyl (C=O) groups excluding carboxylic acids is 1. The Balaban J connectivity index is 1.85. The van der Waals surface area contributed by atoms with E-state index in [-0.39, 0.29) is 23.0 Å². The highest BCUT2D eigenvalue weighted by molar-refractivity contribution is 6.00. The Labute approximate surface area is 176 Å². The summed E-state index contributed by atoms with van der Waals surface area (Å²) in [6, 6.07) is 7.74. The van der Waals surface area contributed by atoms with E-state index in [0.717, 1.165) is 0 Å². The molecule has 0 heterocycles. The van der Waals surface area contributed by atoms with Gasteiger partial charge in [-0.1, -0.05) is 13.8 Å². The van der Waals surface area contributed by atoms with Gasteiger partial charge in [0.15, 0.2) is 17.3 Å². The zero-order chi connectivity index (χ0) is 22.3. The van der Waals surface area contributed by atoms with Crippen molar-refractivity contribution < 1.29 is 34.0 Å². The number of rotatable bonds is 11. The number of hydrogen-bond acceptors (Lipinski definition) is 6. The van der Waals surface area contributed by atoms with Crippen LogP contribution in [0, 0.1) is 12.8 Å². The molecule has 0 unspecified atom stereocenters. The van der Waals surface area contributed by atoms with Gasteiger partial charge in [-0.25, -0.2) is 4.79 Å². The summed E-state index contributed by atoms with van der Waals surface area (Å²) in [6.45, 7) is 6.07. The van der Waals surface area contributed by atoms with Gasteiger partial charge in [0.2, 0.25) is 0 Å². The summed E-state index contributed by atoms with van der Waals surface area (Å²) in [5.41, 5.74) is 0.970. The predicted molar refractivity (Wildman–Crippen MR) is 112 cm³/mol. The van der Waals surface area contributed by atoms with Crippen LogP contribution in [0.1, 0.15) is 53.0 Å². The summed E-state index contributed by atoms with van der Waals surface area (Å²) >= 11 is 0. The molecule has 0 saturated carbocycles. The minimum Gasteiger partial charge on any atom is -0.507 e. The number of unbranched alkanes of at least 4 members (excludes halogenated alkanes) is 1. The standard InChI is InChI=1S/C23H28O7/c1-14(2)21(24)17-8-10-18(15(3)22(17)25)29-11-5-6-12-30-20-13-16(23(26)27)7-9-19(20)28-4/h7-10,13-14,25H,5-6,11-12H2,1-4H3,(H,26,27). The Morgan fingerprint density at radius 1 is 0.967 bits per heavy atom. The van der Waals surface area contributed by atoms with Gasteiger partial charge < -0.3 is 24.4 Å². The lowest BCUT2D eigenvalue weighted by Crippen LogP contribution is -2.09. The van der Waals surface area contributed by atoms with Crippen molar-refractivity contribution in [3.8, 4) is 23.0 Å². The first kappa shape index (κ1) is 23.1. The maximum Gasteiger partial charge on any atom is 0.335 e. The number of phenolic OH excluding ortho intramolecular Hbond substituents is 1. The van der Waals surface area contributed by atoms with E-state index in [9.17, 15) is 14.7 Å². The first-order valence-electron chi connectivity index (χ1n) is 9.80. The lowest BCUT2D eigenvalue weighted by Gasteiger charge is -2.14. The van der Waals surface area contributed by atoms with Crippen LogP contribution in [0.3, 0.4) is 0 Å². The Kier molecular flexibility index (Phi) is 8.09. The van der Waals surface area contributed by atoms with Crippen molar-refractivity contribution in [1.82, 2.24) is 0 Å². The minimum atomic E-state index is -1.03. The Morgan fingerprint density at radius 3 is 2.13 bits per heavy atom. The highest BCUT2D eigenvalue weighted by atomic mass is 16.5. The maximum absolute atomic E-state index is 12.1. The first-order valence-corrected chi connectivity index (χ1v) is 9.80. The first-order chi connectivity index (χ1) is 14.3. The quantitative estimate of drug-likeness (QED) is 0.411. The molecule has 0 atom stereocenters. The number of ketones is 1. The van der Waals surface area contributed by atoms with Gasteiger partial charge in [0.05, 0.1) is 31.5 Å². The molecule has 0 fully saturated rings. The predicted octanol–water partition coefficient (Wildman–Crippen LogP) is 4.48. The molecule has 0 spiro atoms. The number of aromatic hydroxyl groups is 1. The molecule has 0 bridgehead atoms. The highest BCUT2D eigenvalue weighted by Gasteiger charge is 2.18. The molecule has 7 heteroatoms. The smallest absolute Gasteiger partial charge is 0.335 e. The van der Waals surface area contributed by atoms with Crippen LogP contribution >= 0.6 is 0 Å². The van der Waals surface area contributed by atoms with E-state index in [1.165, 1.54) is 19.2 Å². The average molecular weight is 416 g/mol. The third kappa shape index (κ3) is 5.65. The van der Waals surface area contributed by atoms with Gasteiger partial charge >= 0.3 is 5.97 Å². The van der Waals surface area contributed by atoms with Crippen molar-refractivity contribution in [1.29, 1.82) is 0 Å². The number of methoxy groups -OCH3 is 1. The number of Topliss-reactive ketones (excluding diaryl/α,β-unsaturated/α-hetero) is 1. The van der Waals surface area contributed by atoms with Gasteiger partial charge in [-0.05, 0) is 50.1 Å². The molecule has 2 aromatic rings. The molecule has 30 heavy (non-hydrogen) atoms. The number of phenols is 1. The topological polar surface area (TPSA) is 102 Å². The van der Waals surface area contributed by atoms with Gasteiger partial charge in [-0.15, -0.1) is 0 Å². The molecule has 7 nitrogen and oxygen atoms in total. The third-order valence-corrected chi connectivity index (χ3v) is 4.64. The number of aromatic carboxylic acids is 1. The van der Waals surface area contributed by atoms with E-state index in [0.29, 0.717) is 54.4 Å². The molecule has 0 radical (unpaired) electrons. The second-order valence-electron chi connectivity index (χ2n) is 7.18. The van der Waals surface area contributed by atoms with Crippen LogP contribution in [0.15, 0.2) is 30.3 Å². The zero-order valence-electron chi connectivity index (χ0n) is 17.7. The fourth-order valence-electron chi connectivity index (χ4n) is 2.84. The summed E-state index contributed by atoms with van der Waals surface area (Å²) in [7, 11) is 1.49. The molecule has 0 amide bonds. The third-order valence-electron chi connectivity index (χ3n) is 4.64. The normalized spacial score (nSPS) is 10.7. The summed E-state index contributed by atoms with van der Waals surface area (Å²) in [4.78, 5) is 23.2. The van der Waals surface area contributed by atoms with Crippen molar-refractivity contribution in [3.05, 3.63) is 47.0 Å². The summed E-state index contributed by atoms with van der Waals surface area (Å²) in [5.74, 6) is 0.00147. The van der Waals surface area contributed by atoms with E-state index in [4.69, 9.17) is 19.3 Å². The summed E-state index contributed by atoms with van der Waals surface area (Å²) in [5, 5.41) is 19.4. The second-order valence-corrected chi connectivity index (χ2v) is 7.18. The van der Waals surface area contributed by atoms with Gasteiger partial charge in [-0.3, -0.25) is 4.79 Å².